The van der Waals surface area contributed by atoms with Gasteiger partial charge in [0.2, 0.25) is 0 Å². The van der Waals surface area contributed by atoms with Crippen molar-refractivity contribution < 1.29 is 19.0 Å². The highest BCUT2D eigenvalue weighted by Gasteiger charge is 2.39. The molecule has 0 radical (unpaired) electrons. The summed E-state index contributed by atoms with van der Waals surface area (Å²) in [6, 6.07) is 6.30. The lowest BCUT2D eigenvalue weighted by Gasteiger charge is -2.25. The maximum atomic E-state index is 6.42. The Kier molecular flexibility index (Phi) is 5.20. The molecule has 0 bridgehead atoms. The van der Waals surface area contributed by atoms with Crippen LogP contribution >= 0.6 is 0 Å². The second kappa shape index (κ2) is 7.96. The Morgan fingerprint density at radius 2 is 1.61 bits per heavy atom. The minimum atomic E-state index is -0.320. The predicted octanol–water partition coefficient (Wildman–Crippen LogP) is 4.75. The van der Waals surface area contributed by atoms with Crippen molar-refractivity contribution in [2.75, 3.05) is 13.2 Å². The highest BCUT2D eigenvalue weighted by molar-refractivity contribution is 5.68. The molecule has 28 heavy (non-hydrogen) atoms. The van der Waals surface area contributed by atoms with Crippen LogP contribution in [0.4, 0.5) is 0 Å². The molecule has 1 aromatic rings. The number of hydrogen-bond donors (Lipinski definition) is 1. The van der Waals surface area contributed by atoms with Crippen molar-refractivity contribution in [2.45, 2.75) is 82.0 Å². The Morgan fingerprint density at radius 1 is 0.893 bits per heavy atom. The second-order valence-corrected chi connectivity index (χ2v) is 8.69. The van der Waals surface area contributed by atoms with E-state index in [1.54, 1.807) is 0 Å². The van der Waals surface area contributed by atoms with Gasteiger partial charge in [-0.1, -0.05) is 6.42 Å². The summed E-state index contributed by atoms with van der Waals surface area (Å²) in [5.41, 5.74) is 4.86. The molecule has 1 atom stereocenters. The van der Waals surface area contributed by atoms with Crippen LogP contribution < -0.4 is 15.0 Å². The fourth-order valence-corrected chi connectivity index (χ4v) is 4.79. The topological polar surface area (TPSA) is 49.0 Å². The summed E-state index contributed by atoms with van der Waals surface area (Å²) in [6.45, 7) is 1.35. The number of rotatable bonds is 5. The van der Waals surface area contributed by atoms with E-state index in [2.05, 4.69) is 29.8 Å². The van der Waals surface area contributed by atoms with Crippen LogP contribution in [0.1, 0.15) is 69.8 Å². The lowest BCUT2D eigenvalue weighted by atomic mass is 9.97. The van der Waals surface area contributed by atoms with Gasteiger partial charge in [-0.3, -0.25) is 10.3 Å². The highest BCUT2D eigenvalue weighted by atomic mass is 16.7. The van der Waals surface area contributed by atoms with Crippen molar-refractivity contribution in [1.82, 2.24) is 5.48 Å². The van der Waals surface area contributed by atoms with Gasteiger partial charge in [0.15, 0.2) is 11.5 Å². The van der Waals surface area contributed by atoms with Gasteiger partial charge in [0.1, 0.15) is 5.60 Å². The standard InChI is InChI=1S/C23H31NO4/c1-2-6-18(7-3-1)26-21-11-10-17(14-22(21)27-19-8-4-5-9-19)20-15-23(28-24-20)12-13-25-16-23/h10-11,14-15,18-19,24H,1-9,12-13,16H2. The lowest BCUT2D eigenvalue weighted by Crippen LogP contribution is -2.29. The first-order valence-corrected chi connectivity index (χ1v) is 11.0. The van der Waals surface area contributed by atoms with Crippen LogP contribution in [0, 0.1) is 0 Å². The van der Waals surface area contributed by atoms with Crippen molar-refractivity contribution in [3.63, 3.8) is 0 Å². The monoisotopic (exact) mass is 385 g/mol. The van der Waals surface area contributed by atoms with E-state index in [-0.39, 0.29) is 5.60 Å². The molecule has 5 rings (SSSR count). The lowest BCUT2D eigenvalue weighted by molar-refractivity contribution is -0.0373. The third-order valence-electron chi connectivity index (χ3n) is 6.48. The van der Waals surface area contributed by atoms with E-state index >= 15 is 0 Å². The summed E-state index contributed by atoms with van der Waals surface area (Å²) >= 11 is 0. The molecule has 2 heterocycles. The molecule has 1 spiro atoms. The SMILES string of the molecule is C1=C(c2ccc(OC3CCCCC3)c(OC3CCCC3)c2)NOC12CCOC2. The van der Waals surface area contributed by atoms with Crippen molar-refractivity contribution in [3.05, 3.63) is 29.8 Å². The van der Waals surface area contributed by atoms with Crippen LogP contribution in [0.3, 0.4) is 0 Å². The van der Waals surface area contributed by atoms with E-state index < -0.39 is 0 Å². The summed E-state index contributed by atoms with van der Waals surface area (Å²) in [5, 5.41) is 0. The molecule has 152 valence electrons. The summed E-state index contributed by atoms with van der Waals surface area (Å²) in [6.07, 6.45) is 14.6. The van der Waals surface area contributed by atoms with Crippen LogP contribution in [0.25, 0.3) is 5.70 Å². The molecule has 5 nitrogen and oxygen atoms in total. The van der Waals surface area contributed by atoms with Gasteiger partial charge in [0, 0.05) is 18.6 Å². The number of hydrogen-bond acceptors (Lipinski definition) is 5. The first-order chi connectivity index (χ1) is 13.8. The molecular formula is C23H31NO4. The van der Waals surface area contributed by atoms with Crippen LogP contribution in [-0.2, 0) is 9.57 Å². The van der Waals surface area contributed by atoms with E-state index in [1.165, 1.54) is 32.1 Å². The zero-order valence-electron chi connectivity index (χ0n) is 16.6. The van der Waals surface area contributed by atoms with Crippen molar-refractivity contribution in [1.29, 1.82) is 0 Å². The molecule has 2 aliphatic heterocycles. The number of benzene rings is 1. The van der Waals surface area contributed by atoms with E-state index in [9.17, 15) is 0 Å². The third kappa shape index (κ3) is 3.87. The van der Waals surface area contributed by atoms with Gasteiger partial charge in [0.25, 0.3) is 0 Å². The van der Waals surface area contributed by atoms with Crippen LogP contribution in [0.15, 0.2) is 24.3 Å². The zero-order chi connectivity index (χ0) is 18.8. The second-order valence-electron chi connectivity index (χ2n) is 8.69. The molecule has 0 amide bonds. The van der Waals surface area contributed by atoms with E-state index in [0.29, 0.717) is 18.8 Å². The van der Waals surface area contributed by atoms with Gasteiger partial charge in [-0.15, -0.1) is 0 Å². The quantitative estimate of drug-likeness (QED) is 0.792. The minimum Gasteiger partial charge on any atom is -0.487 e. The molecule has 5 heteroatoms. The fourth-order valence-electron chi connectivity index (χ4n) is 4.79. The Hall–Kier alpha value is -1.72. The molecule has 3 fully saturated rings. The Labute approximate surface area is 167 Å². The third-order valence-corrected chi connectivity index (χ3v) is 6.48. The Balaban J connectivity index is 1.39. The van der Waals surface area contributed by atoms with Gasteiger partial charge < -0.3 is 14.2 Å². The molecule has 1 N–H and O–H groups in total. The van der Waals surface area contributed by atoms with Gasteiger partial charge >= 0.3 is 0 Å². The summed E-state index contributed by atoms with van der Waals surface area (Å²) in [7, 11) is 0. The average Bonchev–Trinajstić information content (AvgIpc) is 3.48. The fraction of sp³-hybridized carbons (Fsp3) is 0.652. The molecule has 2 saturated carbocycles. The van der Waals surface area contributed by atoms with E-state index in [0.717, 1.165) is 61.5 Å². The first kappa shape index (κ1) is 18.3. The highest BCUT2D eigenvalue weighted by Crippen LogP contribution is 2.38. The molecule has 4 aliphatic rings. The average molecular weight is 386 g/mol. The van der Waals surface area contributed by atoms with Crippen molar-refractivity contribution >= 4 is 5.70 Å². The van der Waals surface area contributed by atoms with Crippen LogP contribution in [0.2, 0.25) is 0 Å². The molecule has 1 unspecified atom stereocenters. The maximum Gasteiger partial charge on any atom is 0.162 e. The number of hydroxylamine groups is 1. The molecule has 2 aliphatic carbocycles. The molecular weight excluding hydrogens is 354 g/mol. The number of ether oxygens (including phenoxy) is 3. The Morgan fingerprint density at radius 3 is 2.32 bits per heavy atom. The van der Waals surface area contributed by atoms with E-state index in [4.69, 9.17) is 19.0 Å². The van der Waals surface area contributed by atoms with E-state index in [1.807, 2.05) is 0 Å². The molecule has 0 aromatic heterocycles. The normalized spacial score (nSPS) is 28.5. The molecule has 1 aromatic carbocycles. The smallest absolute Gasteiger partial charge is 0.162 e. The largest absolute Gasteiger partial charge is 0.487 e. The van der Waals surface area contributed by atoms with Gasteiger partial charge in [-0.25, -0.2) is 0 Å². The Bertz CT molecular complexity index is 713. The zero-order valence-corrected chi connectivity index (χ0v) is 16.6. The molecule has 1 saturated heterocycles. The van der Waals surface area contributed by atoms with Crippen LogP contribution in [-0.4, -0.2) is 31.0 Å². The van der Waals surface area contributed by atoms with Gasteiger partial charge in [-0.05, 0) is 75.6 Å². The van der Waals surface area contributed by atoms with Gasteiger partial charge in [0.05, 0.1) is 24.5 Å². The van der Waals surface area contributed by atoms with Crippen LogP contribution in [0.5, 0.6) is 11.5 Å². The van der Waals surface area contributed by atoms with Gasteiger partial charge in [-0.2, -0.15) is 0 Å². The summed E-state index contributed by atoms with van der Waals surface area (Å²) in [4.78, 5) is 5.85. The van der Waals surface area contributed by atoms with Crippen molar-refractivity contribution in [2.24, 2.45) is 0 Å². The summed E-state index contributed by atoms with van der Waals surface area (Å²) < 4.78 is 18.3. The first-order valence-electron chi connectivity index (χ1n) is 11.0. The van der Waals surface area contributed by atoms with Crippen molar-refractivity contribution in [3.8, 4) is 11.5 Å². The predicted molar refractivity (Wildman–Crippen MR) is 107 cm³/mol. The minimum absolute atomic E-state index is 0.306. The summed E-state index contributed by atoms with van der Waals surface area (Å²) in [5.74, 6) is 1.77. The number of nitrogens with one attached hydrogen (secondary N) is 1. The maximum absolute atomic E-state index is 6.42.